The molecule has 2 N–H and O–H groups in total. The standard InChI is InChI=1S/C17H17NO4S2/c1-23-14-6-3-5-13(10-14)18-24(21,22)16-9-12(17(19)20)8-11-4-2-7-15(11)16/h3,5-6,8-10,18H,2,4,7H2,1H3,(H,19,20). The molecule has 0 bridgehead atoms. The van der Waals surface area contributed by atoms with E-state index in [1.54, 1.807) is 24.3 Å². The Labute approximate surface area is 145 Å². The summed E-state index contributed by atoms with van der Waals surface area (Å²) in [6, 6.07) is 9.94. The van der Waals surface area contributed by atoms with Gasteiger partial charge in [0.15, 0.2) is 0 Å². The van der Waals surface area contributed by atoms with Crippen LogP contribution in [0.15, 0.2) is 46.2 Å². The van der Waals surface area contributed by atoms with Gasteiger partial charge in [-0.1, -0.05) is 6.07 Å². The Balaban J connectivity index is 2.05. The Kier molecular flexibility index (Phi) is 4.56. The SMILES string of the molecule is CSc1cccc(NS(=O)(=O)c2cc(C(=O)O)cc3c2CCC3)c1. The molecule has 0 atom stereocenters. The molecule has 2 aromatic carbocycles. The van der Waals surface area contributed by atoms with E-state index in [1.165, 1.54) is 17.8 Å². The molecule has 0 fully saturated rings. The van der Waals surface area contributed by atoms with Crippen molar-refractivity contribution in [3.63, 3.8) is 0 Å². The minimum atomic E-state index is -3.84. The second kappa shape index (κ2) is 6.49. The Morgan fingerprint density at radius 3 is 2.71 bits per heavy atom. The number of carbonyl (C=O) groups is 1. The van der Waals surface area contributed by atoms with Crippen molar-refractivity contribution in [1.29, 1.82) is 0 Å². The van der Waals surface area contributed by atoms with Gasteiger partial charge in [0.05, 0.1) is 10.5 Å². The van der Waals surface area contributed by atoms with Gasteiger partial charge in [0.25, 0.3) is 10.0 Å². The molecule has 0 aliphatic heterocycles. The molecule has 0 spiro atoms. The minimum absolute atomic E-state index is 0.00823. The lowest BCUT2D eigenvalue weighted by Gasteiger charge is -2.13. The van der Waals surface area contributed by atoms with Crippen LogP contribution in [-0.2, 0) is 22.9 Å². The molecule has 24 heavy (non-hydrogen) atoms. The summed E-state index contributed by atoms with van der Waals surface area (Å²) in [7, 11) is -3.84. The van der Waals surface area contributed by atoms with Crippen LogP contribution in [-0.4, -0.2) is 25.7 Å². The van der Waals surface area contributed by atoms with E-state index in [0.29, 0.717) is 18.5 Å². The summed E-state index contributed by atoms with van der Waals surface area (Å²) in [6.45, 7) is 0. The van der Waals surface area contributed by atoms with Gasteiger partial charge in [0.1, 0.15) is 0 Å². The average Bonchev–Trinajstić information content (AvgIpc) is 3.01. The number of rotatable bonds is 5. The zero-order chi connectivity index (χ0) is 17.3. The summed E-state index contributed by atoms with van der Waals surface area (Å²) in [5.74, 6) is -1.12. The summed E-state index contributed by atoms with van der Waals surface area (Å²) in [5, 5.41) is 9.25. The molecule has 0 aromatic heterocycles. The van der Waals surface area contributed by atoms with Gasteiger partial charge in [-0.3, -0.25) is 4.72 Å². The molecule has 2 aromatic rings. The molecule has 5 nitrogen and oxygen atoms in total. The van der Waals surface area contributed by atoms with Gasteiger partial charge < -0.3 is 5.11 Å². The monoisotopic (exact) mass is 363 g/mol. The van der Waals surface area contributed by atoms with Crippen LogP contribution >= 0.6 is 11.8 Å². The van der Waals surface area contributed by atoms with E-state index >= 15 is 0 Å². The predicted molar refractivity (Wildman–Crippen MR) is 94.5 cm³/mol. The van der Waals surface area contributed by atoms with Crippen molar-refractivity contribution in [1.82, 2.24) is 0 Å². The van der Waals surface area contributed by atoms with Gasteiger partial charge in [-0.05, 0) is 67.0 Å². The molecule has 0 unspecified atom stereocenters. The van der Waals surface area contributed by atoms with Crippen LogP contribution in [0.25, 0.3) is 0 Å². The van der Waals surface area contributed by atoms with Gasteiger partial charge >= 0.3 is 5.97 Å². The molecule has 1 aliphatic rings. The van der Waals surface area contributed by atoms with Crippen LogP contribution in [0.1, 0.15) is 27.9 Å². The second-order valence-corrected chi connectivity index (χ2v) is 8.14. The van der Waals surface area contributed by atoms with E-state index in [9.17, 15) is 18.3 Å². The summed E-state index contributed by atoms with van der Waals surface area (Å²) in [5.41, 5.74) is 2.02. The largest absolute Gasteiger partial charge is 0.478 e. The highest BCUT2D eigenvalue weighted by atomic mass is 32.2. The molecular weight excluding hydrogens is 346 g/mol. The van der Waals surface area contributed by atoms with Crippen LogP contribution in [0, 0.1) is 0 Å². The van der Waals surface area contributed by atoms with Gasteiger partial charge in [-0.15, -0.1) is 11.8 Å². The summed E-state index contributed by atoms with van der Waals surface area (Å²) in [6.07, 6.45) is 4.11. The first-order chi connectivity index (χ1) is 11.4. The zero-order valence-electron chi connectivity index (χ0n) is 13.1. The molecule has 0 amide bonds. The molecule has 0 radical (unpaired) electrons. The fourth-order valence-corrected chi connectivity index (χ4v) is 4.77. The normalized spacial score (nSPS) is 13.5. The van der Waals surface area contributed by atoms with E-state index in [1.807, 2.05) is 12.3 Å². The maximum Gasteiger partial charge on any atom is 0.335 e. The lowest BCUT2D eigenvalue weighted by molar-refractivity contribution is 0.0696. The van der Waals surface area contributed by atoms with Crippen molar-refractivity contribution in [3.8, 4) is 0 Å². The number of nitrogens with one attached hydrogen (secondary N) is 1. The van der Waals surface area contributed by atoms with Crippen LogP contribution in [0.5, 0.6) is 0 Å². The van der Waals surface area contributed by atoms with Crippen molar-refractivity contribution in [2.45, 2.75) is 29.1 Å². The molecule has 0 saturated heterocycles. The maximum atomic E-state index is 12.8. The number of anilines is 1. The highest BCUT2D eigenvalue weighted by molar-refractivity contribution is 7.98. The molecule has 126 valence electrons. The van der Waals surface area contributed by atoms with Crippen molar-refractivity contribution in [2.24, 2.45) is 0 Å². The van der Waals surface area contributed by atoms with Gasteiger partial charge in [0, 0.05) is 10.6 Å². The summed E-state index contributed by atoms with van der Waals surface area (Å²) >= 11 is 1.52. The van der Waals surface area contributed by atoms with E-state index in [0.717, 1.165) is 22.4 Å². The third-order valence-electron chi connectivity index (χ3n) is 4.03. The lowest BCUT2D eigenvalue weighted by Crippen LogP contribution is -2.16. The van der Waals surface area contributed by atoms with E-state index < -0.39 is 16.0 Å². The predicted octanol–water partition coefficient (Wildman–Crippen LogP) is 3.40. The van der Waals surface area contributed by atoms with Crippen LogP contribution in [0.4, 0.5) is 5.69 Å². The van der Waals surface area contributed by atoms with Crippen LogP contribution in [0.2, 0.25) is 0 Å². The first kappa shape index (κ1) is 16.9. The van der Waals surface area contributed by atoms with Crippen molar-refractivity contribution < 1.29 is 18.3 Å². The highest BCUT2D eigenvalue weighted by Gasteiger charge is 2.26. The number of carboxylic acids is 1. The van der Waals surface area contributed by atoms with Crippen molar-refractivity contribution >= 4 is 33.4 Å². The Hall–Kier alpha value is -1.99. The molecule has 1 aliphatic carbocycles. The Bertz CT molecular complexity index is 907. The Morgan fingerprint density at radius 1 is 1.21 bits per heavy atom. The summed E-state index contributed by atoms with van der Waals surface area (Å²) < 4.78 is 28.2. The number of thioether (sulfide) groups is 1. The van der Waals surface area contributed by atoms with Gasteiger partial charge in [-0.2, -0.15) is 0 Å². The smallest absolute Gasteiger partial charge is 0.335 e. The second-order valence-electron chi connectivity index (χ2n) is 5.61. The Morgan fingerprint density at radius 2 is 2.00 bits per heavy atom. The van der Waals surface area contributed by atoms with Crippen molar-refractivity contribution in [3.05, 3.63) is 53.1 Å². The summed E-state index contributed by atoms with van der Waals surface area (Å²) in [4.78, 5) is 12.3. The quantitative estimate of drug-likeness (QED) is 0.796. The van der Waals surface area contributed by atoms with Crippen LogP contribution < -0.4 is 4.72 Å². The number of hydrogen-bond acceptors (Lipinski definition) is 4. The van der Waals surface area contributed by atoms with E-state index in [4.69, 9.17) is 0 Å². The number of hydrogen-bond donors (Lipinski definition) is 2. The molecular formula is C17H17NO4S2. The number of benzene rings is 2. The molecule has 0 heterocycles. The van der Waals surface area contributed by atoms with Gasteiger partial charge in [0.2, 0.25) is 0 Å². The number of fused-ring (bicyclic) bond motifs is 1. The first-order valence-corrected chi connectivity index (χ1v) is 10.2. The number of aryl methyl sites for hydroxylation is 1. The number of carboxylic acid groups (broad SMARTS) is 1. The van der Waals surface area contributed by atoms with E-state index in [2.05, 4.69) is 4.72 Å². The lowest BCUT2D eigenvalue weighted by atomic mass is 10.1. The van der Waals surface area contributed by atoms with Gasteiger partial charge in [-0.25, -0.2) is 13.2 Å². The fraction of sp³-hybridized carbons (Fsp3) is 0.235. The molecule has 0 saturated carbocycles. The third kappa shape index (κ3) is 3.27. The topological polar surface area (TPSA) is 83.5 Å². The highest BCUT2D eigenvalue weighted by Crippen LogP contribution is 2.31. The van der Waals surface area contributed by atoms with Crippen LogP contribution in [0.3, 0.4) is 0 Å². The van der Waals surface area contributed by atoms with Crippen molar-refractivity contribution in [2.75, 3.05) is 11.0 Å². The fourth-order valence-electron chi connectivity index (χ4n) is 2.93. The number of aromatic carboxylic acids is 1. The third-order valence-corrected chi connectivity index (χ3v) is 6.21. The minimum Gasteiger partial charge on any atom is -0.478 e. The zero-order valence-corrected chi connectivity index (χ0v) is 14.7. The average molecular weight is 363 g/mol. The molecule has 7 heteroatoms. The molecule has 3 rings (SSSR count). The first-order valence-electron chi connectivity index (χ1n) is 7.46. The number of sulfonamides is 1. The van der Waals surface area contributed by atoms with E-state index in [-0.39, 0.29) is 10.5 Å². The maximum absolute atomic E-state index is 12.8.